The summed E-state index contributed by atoms with van der Waals surface area (Å²) in [5.74, 6) is -0.0247. The number of likely N-dealkylation sites (N-methyl/N-ethyl adjacent to an activating group) is 1. The van der Waals surface area contributed by atoms with E-state index in [1.165, 1.54) is 0 Å². The van der Waals surface area contributed by atoms with E-state index < -0.39 is 0 Å². The van der Waals surface area contributed by atoms with Gasteiger partial charge < -0.3 is 4.90 Å². The van der Waals surface area contributed by atoms with E-state index >= 15 is 0 Å². The Bertz CT molecular complexity index is 512. The fourth-order valence-electron chi connectivity index (χ4n) is 2.14. The van der Waals surface area contributed by atoms with Crippen molar-refractivity contribution in [3.8, 4) is 12.1 Å². The molecule has 0 saturated heterocycles. The highest BCUT2D eigenvalue weighted by molar-refractivity contribution is 5.78. The van der Waals surface area contributed by atoms with Crippen LogP contribution in [-0.2, 0) is 11.3 Å². The number of hydrogen-bond acceptors (Lipinski definition) is 4. The SMILES string of the molecule is CCN(CC(=O)N(CCC#N)CCC#N)Cc1ccccc1. The maximum Gasteiger partial charge on any atom is 0.236 e. The van der Waals surface area contributed by atoms with E-state index in [2.05, 4.69) is 4.90 Å². The minimum Gasteiger partial charge on any atom is -0.340 e. The minimum atomic E-state index is -0.0247. The van der Waals surface area contributed by atoms with Gasteiger partial charge >= 0.3 is 0 Å². The van der Waals surface area contributed by atoms with E-state index in [9.17, 15) is 4.79 Å². The van der Waals surface area contributed by atoms with Crippen molar-refractivity contribution < 1.29 is 4.79 Å². The summed E-state index contributed by atoms with van der Waals surface area (Å²) >= 11 is 0. The van der Waals surface area contributed by atoms with Crippen LogP contribution in [0.5, 0.6) is 0 Å². The fraction of sp³-hybridized carbons (Fsp3) is 0.471. The predicted octanol–water partition coefficient (Wildman–Crippen LogP) is 2.16. The third-order valence-electron chi connectivity index (χ3n) is 3.39. The van der Waals surface area contributed by atoms with Gasteiger partial charge in [-0.3, -0.25) is 9.69 Å². The molecule has 0 aliphatic carbocycles. The molecule has 22 heavy (non-hydrogen) atoms. The van der Waals surface area contributed by atoms with Crippen LogP contribution in [0.2, 0.25) is 0 Å². The highest BCUT2D eigenvalue weighted by atomic mass is 16.2. The maximum atomic E-state index is 12.4. The van der Waals surface area contributed by atoms with Crippen molar-refractivity contribution >= 4 is 5.91 Å². The molecule has 0 unspecified atom stereocenters. The van der Waals surface area contributed by atoms with Gasteiger partial charge in [0.15, 0.2) is 0 Å². The van der Waals surface area contributed by atoms with Crippen molar-refractivity contribution in [2.75, 3.05) is 26.2 Å². The molecule has 5 nitrogen and oxygen atoms in total. The number of nitrogens with zero attached hydrogens (tertiary/aromatic N) is 4. The summed E-state index contributed by atoms with van der Waals surface area (Å²) in [5.41, 5.74) is 1.16. The van der Waals surface area contributed by atoms with Gasteiger partial charge in [-0.1, -0.05) is 37.3 Å². The molecular weight excluding hydrogens is 276 g/mol. The number of benzene rings is 1. The molecule has 0 aliphatic heterocycles. The summed E-state index contributed by atoms with van der Waals surface area (Å²) in [4.78, 5) is 16.1. The molecule has 1 aromatic carbocycles. The van der Waals surface area contributed by atoms with Gasteiger partial charge in [0.05, 0.1) is 31.5 Å². The predicted molar refractivity (Wildman–Crippen MR) is 84.4 cm³/mol. The van der Waals surface area contributed by atoms with Crippen molar-refractivity contribution in [1.82, 2.24) is 9.80 Å². The Hall–Kier alpha value is -2.37. The highest BCUT2D eigenvalue weighted by Gasteiger charge is 2.16. The number of nitriles is 2. The molecule has 1 aromatic rings. The molecule has 0 saturated carbocycles. The third-order valence-corrected chi connectivity index (χ3v) is 3.39. The summed E-state index contributed by atoms with van der Waals surface area (Å²) < 4.78 is 0. The zero-order chi connectivity index (χ0) is 16.2. The van der Waals surface area contributed by atoms with E-state index in [0.29, 0.717) is 39.0 Å². The number of hydrogen-bond donors (Lipinski definition) is 0. The second kappa shape index (κ2) is 10.4. The monoisotopic (exact) mass is 298 g/mol. The number of rotatable bonds is 9. The Morgan fingerprint density at radius 1 is 1.09 bits per heavy atom. The molecule has 0 bridgehead atoms. The van der Waals surface area contributed by atoms with Crippen LogP contribution in [0.25, 0.3) is 0 Å². The number of carbonyl (C=O) groups is 1. The first kappa shape index (κ1) is 17.7. The molecule has 5 heteroatoms. The molecule has 116 valence electrons. The van der Waals surface area contributed by atoms with Crippen molar-refractivity contribution in [3.05, 3.63) is 35.9 Å². The Labute approximate surface area is 132 Å². The van der Waals surface area contributed by atoms with Gasteiger partial charge in [-0.05, 0) is 12.1 Å². The molecule has 0 aromatic heterocycles. The van der Waals surface area contributed by atoms with Gasteiger partial charge in [0.25, 0.3) is 0 Å². The maximum absolute atomic E-state index is 12.4. The van der Waals surface area contributed by atoms with Crippen LogP contribution in [-0.4, -0.2) is 41.9 Å². The number of carbonyl (C=O) groups excluding carboxylic acids is 1. The summed E-state index contributed by atoms with van der Waals surface area (Å²) in [5, 5.41) is 17.4. The third kappa shape index (κ3) is 6.39. The molecule has 0 fully saturated rings. The molecule has 0 atom stereocenters. The van der Waals surface area contributed by atoms with Gasteiger partial charge in [-0.25, -0.2) is 0 Å². The zero-order valence-corrected chi connectivity index (χ0v) is 13.0. The first-order chi connectivity index (χ1) is 10.7. The summed E-state index contributed by atoms with van der Waals surface area (Å²) in [6, 6.07) is 14.1. The quantitative estimate of drug-likeness (QED) is 0.700. The Morgan fingerprint density at radius 3 is 2.18 bits per heavy atom. The first-order valence-corrected chi connectivity index (χ1v) is 7.49. The standard InChI is InChI=1S/C17H22N4O/c1-2-20(14-16-8-4-3-5-9-16)15-17(22)21(12-6-10-18)13-7-11-19/h3-5,8-9H,2,6-7,12-15H2,1H3. The van der Waals surface area contributed by atoms with Crippen molar-refractivity contribution in [2.24, 2.45) is 0 Å². The van der Waals surface area contributed by atoms with Crippen LogP contribution in [0.4, 0.5) is 0 Å². The van der Waals surface area contributed by atoms with E-state index in [0.717, 1.165) is 12.1 Å². The molecular formula is C17H22N4O. The van der Waals surface area contributed by atoms with E-state index in [-0.39, 0.29) is 5.91 Å². The van der Waals surface area contributed by atoms with Crippen LogP contribution < -0.4 is 0 Å². The normalized spacial score (nSPS) is 10.0. The molecule has 1 rings (SSSR count). The molecule has 0 spiro atoms. The fourth-order valence-corrected chi connectivity index (χ4v) is 2.14. The van der Waals surface area contributed by atoms with Gasteiger partial charge in [0.1, 0.15) is 0 Å². The largest absolute Gasteiger partial charge is 0.340 e. The Balaban J connectivity index is 2.60. The van der Waals surface area contributed by atoms with Crippen molar-refractivity contribution in [1.29, 1.82) is 10.5 Å². The van der Waals surface area contributed by atoms with Crippen LogP contribution in [0.1, 0.15) is 25.3 Å². The van der Waals surface area contributed by atoms with Crippen LogP contribution in [0.15, 0.2) is 30.3 Å². The van der Waals surface area contributed by atoms with Crippen LogP contribution in [0, 0.1) is 22.7 Å². The van der Waals surface area contributed by atoms with E-state index in [4.69, 9.17) is 10.5 Å². The van der Waals surface area contributed by atoms with Crippen molar-refractivity contribution in [2.45, 2.75) is 26.3 Å². The van der Waals surface area contributed by atoms with Gasteiger partial charge in [0.2, 0.25) is 5.91 Å². The lowest BCUT2D eigenvalue weighted by Crippen LogP contribution is -2.41. The topological polar surface area (TPSA) is 71.1 Å². The van der Waals surface area contributed by atoms with Crippen LogP contribution in [0.3, 0.4) is 0 Å². The lowest BCUT2D eigenvalue weighted by molar-refractivity contribution is -0.132. The minimum absolute atomic E-state index is 0.0247. The summed E-state index contributed by atoms with van der Waals surface area (Å²) in [6.07, 6.45) is 0.587. The average molecular weight is 298 g/mol. The lowest BCUT2D eigenvalue weighted by atomic mass is 10.2. The smallest absolute Gasteiger partial charge is 0.236 e. The Morgan fingerprint density at radius 2 is 1.68 bits per heavy atom. The van der Waals surface area contributed by atoms with E-state index in [1.807, 2.05) is 49.4 Å². The van der Waals surface area contributed by atoms with Gasteiger partial charge in [-0.15, -0.1) is 0 Å². The lowest BCUT2D eigenvalue weighted by Gasteiger charge is -2.25. The first-order valence-electron chi connectivity index (χ1n) is 7.49. The second-order valence-corrected chi connectivity index (χ2v) is 4.99. The Kier molecular flexibility index (Phi) is 8.33. The van der Waals surface area contributed by atoms with E-state index in [1.54, 1.807) is 4.90 Å². The van der Waals surface area contributed by atoms with Gasteiger partial charge in [0, 0.05) is 19.6 Å². The average Bonchev–Trinajstić information content (AvgIpc) is 2.55. The molecule has 1 amide bonds. The van der Waals surface area contributed by atoms with Gasteiger partial charge in [-0.2, -0.15) is 10.5 Å². The highest BCUT2D eigenvalue weighted by Crippen LogP contribution is 2.05. The zero-order valence-electron chi connectivity index (χ0n) is 13.0. The molecule has 0 radical (unpaired) electrons. The van der Waals surface area contributed by atoms with Crippen molar-refractivity contribution in [3.63, 3.8) is 0 Å². The van der Waals surface area contributed by atoms with Crippen LogP contribution >= 0.6 is 0 Å². The summed E-state index contributed by atoms with van der Waals surface area (Å²) in [6.45, 7) is 4.59. The second-order valence-electron chi connectivity index (χ2n) is 4.99. The summed E-state index contributed by atoms with van der Waals surface area (Å²) in [7, 11) is 0. The molecule has 0 aliphatic rings. The number of amides is 1. The molecule has 0 N–H and O–H groups in total. The molecule has 0 heterocycles.